The highest BCUT2D eigenvalue weighted by Crippen LogP contribution is 2.23. The van der Waals surface area contributed by atoms with E-state index in [0.717, 1.165) is 12.1 Å². The van der Waals surface area contributed by atoms with Crippen molar-refractivity contribution < 1.29 is 9.13 Å². The zero-order valence-electron chi connectivity index (χ0n) is 12.0. The van der Waals surface area contributed by atoms with Gasteiger partial charge in [0, 0.05) is 18.8 Å². The van der Waals surface area contributed by atoms with Crippen LogP contribution in [0.3, 0.4) is 0 Å². The van der Waals surface area contributed by atoms with Crippen LogP contribution in [0.1, 0.15) is 25.0 Å². The van der Waals surface area contributed by atoms with Crippen molar-refractivity contribution in [3.8, 4) is 11.5 Å². The molecule has 3 nitrogen and oxygen atoms in total. The number of aromatic nitrogens is 1. The Morgan fingerprint density at radius 2 is 2.00 bits per heavy atom. The predicted octanol–water partition coefficient (Wildman–Crippen LogP) is 3.82. The maximum atomic E-state index is 13.2. The summed E-state index contributed by atoms with van der Waals surface area (Å²) in [5, 5.41) is 3.32. The molecule has 0 aliphatic carbocycles. The van der Waals surface area contributed by atoms with E-state index >= 15 is 0 Å². The first-order valence-corrected chi connectivity index (χ1v) is 6.66. The first kappa shape index (κ1) is 14.5. The van der Waals surface area contributed by atoms with E-state index < -0.39 is 0 Å². The molecule has 4 heteroatoms. The van der Waals surface area contributed by atoms with Crippen molar-refractivity contribution in [2.24, 2.45) is 0 Å². The average molecular weight is 274 g/mol. The Hall–Kier alpha value is -1.94. The van der Waals surface area contributed by atoms with Crippen molar-refractivity contribution in [1.29, 1.82) is 0 Å². The second-order valence-electron chi connectivity index (χ2n) is 5.08. The maximum absolute atomic E-state index is 13.2. The van der Waals surface area contributed by atoms with Gasteiger partial charge < -0.3 is 10.1 Å². The van der Waals surface area contributed by atoms with Crippen LogP contribution < -0.4 is 10.1 Å². The minimum absolute atomic E-state index is 0.231. The molecule has 0 unspecified atom stereocenters. The van der Waals surface area contributed by atoms with E-state index in [1.807, 2.05) is 6.07 Å². The zero-order chi connectivity index (χ0) is 14.5. The fourth-order valence-corrected chi connectivity index (χ4v) is 1.75. The maximum Gasteiger partial charge on any atom is 0.146 e. The Kier molecular flexibility index (Phi) is 4.69. The van der Waals surface area contributed by atoms with Gasteiger partial charge in [0.05, 0.1) is 6.20 Å². The van der Waals surface area contributed by atoms with Gasteiger partial charge in [0.2, 0.25) is 0 Å². The van der Waals surface area contributed by atoms with Gasteiger partial charge in [-0.1, -0.05) is 13.8 Å². The molecule has 20 heavy (non-hydrogen) atoms. The molecular weight excluding hydrogens is 255 g/mol. The van der Waals surface area contributed by atoms with E-state index in [1.165, 1.54) is 6.07 Å². The van der Waals surface area contributed by atoms with Crippen LogP contribution in [0, 0.1) is 12.7 Å². The summed E-state index contributed by atoms with van der Waals surface area (Å²) in [6.45, 7) is 6.64. The normalized spacial score (nSPS) is 10.8. The molecule has 0 saturated carbocycles. The lowest BCUT2D eigenvalue weighted by molar-refractivity contribution is 0.475. The van der Waals surface area contributed by atoms with Gasteiger partial charge in [-0.2, -0.15) is 0 Å². The van der Waals surface area contributed by atoms with E-state index in [2.05, 4.69) is 24.1 Å². The largest absolute Gasteiger partial charge is 0.456 e. The summed E-state index contributed by atoms with van der Waals surface area (Å²) in [5.74, 6) is 1.03. The number of hydrogen-bond donors (Lipinski definition) is 1. The van der Waals surface area contributed by atoms with Gasteiger partial charge in [-0.05, 0) is 42.3 Å². The van der Waals surface area contributed by atoms with E-state index in [-0.39, 0.29) is 5.82 Å². The monoisotopic (exact) mass is 274 g/mol. The molecule has 1 N–H and O–H groups in total. The fraction of sp³-hybridized carbons (Fsp3) is 0.312. The van der Waals surface area contributed by atoms with Crippen molar-refractivity contribution in [1.82, 2.24) is 10.3 Å². The summed E-state index contributed by atoms with van der Waals surface area (Å²) in [5.41, 5.74) is 1.61. The topological polar surface area (TPSA) is 34.1 Å². The van der Waals surface area contributed by atoms with Crippen LogP contribution >= 0.6 is 0 Å². The standard InChI is InChI=1S/C16H19FN2O/c1-11(2)19-9-13-7-15(10-18-8-13)20-14-4-5-16(17)12(3)6-14/h4-8,10-11,19H,9H2,1-3H3. The number of ether oxygens (including phenoxy) is 1. The average Bonchev–Trinajstić information content (AvgIpc) is 2.41. The molecule has 0 fully saturated rings. The molecular formula is C16H19FN2O. The van der Waals surface area contributed by atoms with Crippen LogP contribution in [-0.4, -0.2) is 11.0 Å². The Balaban J connectivity index is 2.08. The molecule has 1 aromatic heterocycles. The van der Waals surface area contributed by atoms with Gasteiger partial charge in [0.1, 0.15) is 17.3 Å². The Morgan fingerprint density at radius 1 is 1.20 bits per heavy atom. The second-order valence-corrected chi connectivity index (χ2v) is 5.08. The molecule has 0 spiro atoms. The van der Waals surface area contributed by atoms with E-state index in [1.54, 1.807) is 31.5 Å². The van der Waals surface area contributed by atoms with Crippen molar-refractivity contribution in [2.75, 3.05) is 0 Å². The Bertz CT molecular complexity index is 584. The summed E-state index contributed by atoms with van der Waals surface area (Å²) in [6.07, 6.45) is 3.45. The third-order valence-corrected chi connectivity index (χ3v) is 2.85. The van der Waals surface area contributed by atoms with E-state index in [0.29, 0.717) is 23.1 Å². The van der Waals surface area contributed by atoms with Crippen molar-refractivity contribution in [3.05, 3.63) is 53.6 Å². The highest BCUT2D eigenvalue weighted by molar-refractivity contribution is 5.34. The molecule has 0 bridgehead atoms. The molecule has 0 aliphatic heterocycles. The first-order valence-electron chi connectivity index (χ1n) is 6.66. The van der Waals surface area contributed by atoms with Crippen LogP contribution in [0.15, 0.2) is 36.7 Å². The second kappa shape index (κ2) is 6.48. The van der Waals surface area contributed by atoms with Crippen molar-refractivity contribution in [2.45, 2.75) is 33.4 Å². The molecule has 0 aliphatic rings. The summed E-state index contributed by atoms with van der Waals surface area (Å²) in [4.78, 5) is 4.16. The molecule has 1 heterocycles. The molecule has 0 saturated heterocycles. The minimum atomic E-state index is -0.231. The van der Waals surface area contributed by atoms with Crippen LogP contribution in [0.2, 0.25) is 0 Å². The van der Waals surface area contributed by atoms with E-state index in [9.17, 15) is 4.39 Å². The highest BCUT2D eigenvalue weighted by atomic mass is 19.1. The van der Waals surface area contributed by atoms with Crippen molar-refractivity contribution >= 4 is 0 Å². The van der Waals surface area contributed by atoms with Gasteiger partial charge in [-0.25, -0.2) is 4.39 Å². The third-order valence-electron chi connectivity index (χ3n) is 2.85. The summed E-state index contributed by atoms with van der Waals surface area (Å²) < 4.78 is 18.9. The molecule has 106 valence electrons. The molecule has 2 aromatic rings. The Morgan fingerprint density at radius 3 is 2.70 bits per heavy atom. The lowest BCUT2D eigenvalue weighted by Crippen LogP contribution is -2.21. The fourth-order valence-electron chi connectivity index (χ4n) is 1.75. The SMILES string of the molecule is Cc1cc(Oc2cncc(CNC(C)C)c2)ccc1F. The quantitative estimate of drug-likeness (QED) is 0.900. The molecule has 1 aromatic carbocycles. The first-order chi connectivity index (χ1) is 9.54. The predicted molar refractivity (Wildman–Crippen MR) is 77.4 cm³/mol. The number of nitrogens with one attached hydrogen (secondary N) is 1. The lowest BCUT2D eigenvalue weighted by atomic mass is 10.2. The lowest BCUT2D eigenvalue weighted by Gasteiger charge is -2.10. The third kappa shape index (κ3) is 4.03. The van der Waals surface area contributed by atoms with Gasteiger partial charge in [0.25, 0.3) is 0 Å². The van der Waals surface area contributed by atoms with Crippen LogP contribution in [0.25, 0.3) is 0 Å². The summed E-state index contributed by atoms with van der Waals surface area (Å²) >= 11 is 0. The van der Waals surface area contributed by atoms with Crippen LogP contribution in [0.5, 0.6) is 11.5 Å². The number of aryl methyl sites for hydroxylation is 1. The number of hydrogen-bond acceptors (Lipinski definition) is 3. The Labute approximate surface area is 118 Å². The van der Waals surface area contributed by atoms with Gasteiger partial charge in [-0.3, -0.25) is 4.98 Å². The number of halogens is 1. The van der Waals surface area contributed by atoms with E-state index in [4.69, 9.17) is 4.74 Å². The number of nitrogens with zero attached hydrogens (tertiary/aromatic N) is 1. The molecule has 0 atom stereocenters. The zero-order valence-corrected chi connectivity index (χ0v) is 12.0. The number of pyridine rings is 1. The smallest absolute Gasteiger partial charge is 0.146 e. The molecule has 0 amide bonds. The van der Waals surface area contributed by atoms with Crippen LogP contribution in [-0.2, 0) is 6.54 Å². The number of benzene rings is 1. The van der Waals surface area contributed by atoms with Crippen LogP contribution in [0.4, 0.5) is 4.39 Å². The molecule has 0 radical (unpaired) electrons. The highest BCUT2D eigenvalue weighted by Gasteiger charge is 2.03. The van der Waals surface area contributed by atoms with Gasteiger partial charge >= 0.3 is 0 Å². The van der Waals surface area contributed by atoms with Gasteiger partial charge in [-0.15, -0.1) is 0 Å². The number of rotatable bonds is 5. The van der Waals surface area contributed by atoms with Gasteiger partial charge in [0.15, 0.2) is 0 Å². The minimum Gasteiger partial charge on any atom is -0.456 e. The molecule has 2 rings (SSSR count). The van der Waals surface area contributed by atoms with Crippen molar-refractivity contribution in [3.63, 3.8) is 0 Å². The summed E-state index contributed by atoms with van der Waals surface area (Å²) in [7, 11) is 0. The summed E-state index contributed by atoms with van der Waals surface area (Å²) in [6, 6.07) is 7.04.